The Morgan fingerprint density at radius 3 is 2.55 bits per heavy atom. The van der Waals surface area contributed by atoms with Gasteiger partial charge in [-0.05, 0) is 54.4 Å². The van der Waals surface area contributed by atoms with Crippen molar-refractivity contribution in [2.24, 2.45) is 0 Å². The molecule has 2 rings (SSSR count). The van der Waals surface area contributed by atoms with Crippen LogP contribution in [0.2, 0.25) is 5.02 Å². The maximum Gasteiger partial charge on any atom is 0.123 e. The predicted octanol–water partition coefficient (Wildman–Crippen LogP) is 5.13. The fraction of sp³-hybridized carbons (Fsp3) is 0.250. The fourth-order valence-electron chi connectivity index (χ4n) is 2.18. The number of nitrogens with one attached hydrogen (secondary N) is 1. The number of hydrogen-bond acceptors (Lipinski definition) is 1. The first-order chi connectivity index (χ1) is 9.60. The van der Waals surface area contributed by atoms with Gasteiger partial charge >= 0.3 is 0 Å². The zero-order valence-electron chi connectivity index (χ0n) is 11.2. The molecule has 0 aliphatic heterocycles. The summed E-state index contributed by atoms with van der Waals surface area (Å²) in [6.45, 7) is 2.90. The molecule has 0 aliphatic carbocycles. The van der Waals surface area contributed by atoms with Gasteiger partial charge in [-0.3, -0.25) is 0 Å². The van der Waals surface area contributed by atoms with Crippen molar-refractivity contribution in [3.05, 3.63) is 68.9 Å². The van der Waals surface area contributed by atoms with Crippen molar-refractivity contribution >= 4 is 27.5 Å². The topological polar surface area (TPSA) is 12.0 Å². The van der Waals surface area contributed by atoms with Crippen LogP contribution >= 0.6 is 27.5 Å². The number of rotatable bonds is 5. The molecule has 2 aromatic carbocycles. The molecule has 0 fully saturated rings. The summed E-state index contributed by atoms with van der Waals surface area (Å²) in [4.78, 5) is 0. The van der Waals surface area contributed by atoms with Gasteiger partial charge in [-0.1, -0.05) is 46.6 Å². The highest BCUT2D eigenvalue weighted by atomic mass is 79.9. The van der Waals surface area contributed by atoms with Crippen LogP contribution in [0.25, 0.3) is 0 Å². The van der Waals surface area contributed by atoms with Crippen molar-refractivity contribution in [2.75, 3.05) is 6.54 Å². The van der Waals surface area contributed by atoms with Gasteiger partial charge in [-0.15, -0.1) is 0 Å². The molecule has 20 heavy (non-hydrogen) atoms. The van der Waals surface area contributed by atoms with E-state index >= 15 is 0 Å². The second kappa shape index (κ2) is 7.21. The summed E-state index contributed by atoms with van der Waals surface area (Å²) in [6, 6.07) is 12.5. The molecule has 0 aromatic heterocycles. The molecular formula is C16H16BrClFN. The molecule has 0 radical (unpaired) electrons. The molecule has 4 heteroatoms. The fourth-order valence-corrected chi connectivity index (χ4v) is 2.80. The van der Waals surface area contributed by atoms with Crippen LogP contribution in [-0.4, -0.2) is 6.54 Å². The van der Waals surface area contributed by atoms with Crippen LogP contribution < -0.4 is 5.32 Å². The van der Waals surface area contributed by atoms with Crippen LogP contribution in [0.3, 0.4) is 0 Å². The lowest BCUT2D eigenvalue weighted by Gasteiger charge is -2.20. The maximum absolute atomic E-state index is 13.0. The lowest BCUT2D eigenvalue weighted by Crippen LogP contribution is -2.23. The normalized spacial score (nSPS) is 12.4. The van der Waals surface area contributed by atoms with E-state index in [0.29, 0.717) is 0 Å². The molecule has 106 valence electrons. The van der Waals surface area contributed by atoms with Crippen molar-refractivity contribution in [3.63, 3.8) is 0 Å². The van der Waals surface area contributed by atoms with Crippen LogP contribution in [0, 0.1) is 5.82 Å². The Labute approximate surface area is 132 Å². The average molecular weight is 357 g/mol. The number of benzene rings is 2. The highest BCUT2D eigenvalue weighted by Gasteiger charge is 2.15. The number of likely N-dealkylation sites (N-methyl/N-ethyl adjacent to an activating group) is 1. The van der Waals surface area contributed by atoms with Gasteiger partial charge in [0.05, 0.1) is 0 Å². The van der Waals surface area contributed by atoms with E-state index in [2.05, 4.69) is 28.2 Å². The molecule has 1 nitrogen and oxygen atoms in total. The summed E-state index contributed by atoms with van der Waals surface area (Å²) in [7, 11) is 0. The second-order valence-electron chi connectivity index (χ2n) is 4.61. The molecule has 0 bridgehead atoms. The third kappa shape index (κ3) is 4.05. The SMILES string of the molecule is CCNC(Cc1ccc(F)cc1)c1cc(Br)ccc1Cl. The minimum Gasteiger partial charge on any atom is -0.310 e. The van der Waals surface area contributed by atoms with E-state index in [-0.39, 0.29) is 11.9 Å². The van der Waals surface area contributed by atoms with Gasteiger partial charge in [0.15, 0.2) is 0 Å². The summed E-state index contributed by atoms with van der Waals surface area (Å²) >= 11 is 9.77. The van der Waals surface area contributed by atoms with E-state index in [9.17, 15) is 4.39 Å². The van der Waals surface area contributed by atoms with Gasteiger partial charge in [-0.2, -0.15) is 0 Å². The maximum atomic E-state index is 13.0. The summed E-state index contributed by atoms with van der Waals surface area (Å²) in [6.07, 6.45) is 0.768. The van der Waals surface area contributed by atoms with Crippen LogP contribution in [0.4, 0.5) is 4.39 Å². The Morgan fingerprint density at radius 1 is 1.20 bits per heavy atom. The third-order valence-electron chi connectivity index (χ3n) is 3.14. The predicted molar refractivity (Wildman–Crippen MR) is 85.7 cm³/mol. The minimum absolute atomic E-state index is 0.107. The summed E-state index contributed by atoms with van der Waals surface area (Å²) in [5.41, 5.74) is 2.13. The second-order valence-corrected chi connectivity index (χ2v) is 5.93. The molecule has 1 unspecified atom stereocenters. The zero-order valence-corrected chi connectivity index (χ0v) is 13.5. The average Bonchev–Trinajstić information content (AvgIpc) is 2.43. The first-order valence-corrected chi connectivity index (χ1v) is 7.70. The monoisotopic (exact) mass is 355 g/mol. The van der Waals surface area contributed by atoms with E-state index in [1.165, 1.54) is 12.1 Å². The smallest absolute Gasteiger partial charge is 0.123 e. The molecule has 0 amide bonds. The van der Waals surface area contributed by atoms with E-state index in [4.69, 9.17) is 11.6 Å². The van der Waals surface area contributed by atoms with Crippen molar-refractivity contribution in [1.29, 1.82) is 0 Å². The largest absolute Gasteiger partial charge is 0.310 e. The quantitative estimate of drug-likeness (QED) is 0.782. The highest BCUT2D eigenvalue weighted by Crippen LogP contribution is 2.28. The van der Waals surface area contributed by atoms with Gasteiger partial charge in [0, 0.05) is 15.5 Å². The molecule has 0 saturated heterocycles. The number of halogens is 3. The first-order valence-electron chi connectivity index (χ1n) is 6.53. The van der Waals surface area contributed by atoms with E-state index in [1.807, 2.05) is 30.3 Å². The van der Waals surface area contributed by atoms with Crippen LogP contribution in [0.5, 0.6) is 0 Å². The first kappa shape index (κ1) is 15.5. The molecule has 0 heterocycles. The molecule has 1 N–H and O–H groups in total. The van der Waals surface area contributed by atoms with Gasteiger partial charge in [0.1, 0.15) is 5.82 Å². The Hall–Kier alpha value is -0.900. The molecular weight excluding hydrogens is 341 g/mol. The summed E-state index contributed by atoms with van der Waals surface area (Å²) in [5, 5.41) is 4.17. The summed E-state index contributed by atoms with van der Waals surface area (Å²) in [5.74, 6) is -0.214. The lowest BCUT2D eigenvalue weighted by atomic mass is 9.98. The Bertz CT molecular complexity index is 571. The van der Waals surface area contributed by atoms with Crippen molar-refractivity contribution < 1.29 is 4.39 Å². The van der Waals surface area contributed by atoms with Crippen LogP contribution in [0.15, 0.2) is 46.9 Å². The Morgan fingerprint density at radius 2 is 1.90 bits per heavy atom. The highest BCUT2D eigenvalue weighted by molar-refractivity contribution is 9.10. The number of hydrogen-bond donors (Lipinski definition) is 1. The van der Waals surface area contributed by atoms with Crippen molar-refractivity contribution in [1.82, 2.24) is 5.32 Å². The molecule has 0 saturated carbocycles. The molecule has 1 atom stereocenters. The van der Waals surface area contributed by atoms with Gasteiger partial charge < -0.3 is 5.32 Å². The Kier molecular flexibility index (Phi) is 5.58. The molecule has 0 spiro atoms. The third-order valence-corrected chi connectivity index (χ3v) is 3.97. The van der Waals surface area contributed by atoms with Gasteiger partial charge in [-0.25, -0.2) is 4.39 Å². The van der Waals surface area contributed by atoms with Crippen LogP contribution in [-0.2, 0) is 6.42 Å². The van der Waals surface area contributed by atoms with Crippen LogP contribution in [0.1, 0.15) is 24.1 Å². The van der Waals surface area contributed by atoms with Gasteiger partial charge in [0.2, 0.25) is 0 Å². The van der Waals surface area contributed by atoms with Crippen molar-refractivity contribution in [2.45, 2.75) is 19.4 Å². The van der Waals surface area contributed by atoms with E-state index in [0.717, 1.165) is 33.6 Å². The standard InChI is InChI=1S/C16H16BrClFN/c1-2-20-16(9-11-3-6-13(19)7-4-11)14-10-12(17)5-8-15(14)18/h3-8,10,16,20H,2,9H2,1H3. The van der Waals surface area contributed by atoms with Crippen molar-refractivity contribution in [3.8, 4) is 0 Å². The summed E-state index contributed by atoms with van der Waals surface area (Å²) < 4.78 is 14.0. The van der Waals surface area contributed by atoms with E-state index in [1.54, 1.807) is 0 Å². The molecule has 2 aromatic rings. The van der Waals surface area contributed by atoms with E-state index < -0.39 is 0 Å². The Balaban J connectivity index is 2.26. The lowest BCUT2D eigenvalue weighted by molar-refractivity contribution is 0.548. The van der Waals surface area contributed by atoms with Gasteiger partial charge in [0.25, 0.3) is 0 Å². The zero-order chi connectivity index (χ0) is 14.5. The minimum atomic E-state index is -0.214. The molecule has 0 aliphatic rings.